The molecule has 29 heavy (non-hydrogen) atoms. The van der Waals surface area contributed by atoms with Gasteiger partial charge in [-0.05, 0) is 31.0 Å². The van der Waals surface area contributed by atoms with Crippen molar-refractivity contribution in [2.45, 2.75) is 12.8 Å². The number of hydrogen-bond acceptors (Lipinski definition) is 6. The molecular formula is C20H21N3O6. The van der Waals surface area contributed by atoms with Crippen LogP contribution >= 0.6 is 0 Å². The summed E-state index contributed by atoms with van der Waals surface area (Å²) in [5.41, 5.74) is -0.573. The molecule has 0 saturated carbocycles. The number of Topliss-reactive ketones (excluding diaryl/α,β-unsaturated/α-hetero) is 1. The van der Waals surface area contributed by atoms with Gasteiger partial charge >= 0.3 is 5.69 Å². The van der Waals surface area contributed by atoms with Crippen LogP contribution in [-0.2, 0) is 14.1 Å². The third-order valence-corrected chi connectivity index (χ3v) is 5.48. The van der Waals surface area contributed by atoms with Gasteiger partial charge in [0.25, 0.3) is 11.5 Å². The molecule has 1 fully saturated rings. The largest absolute Gasteiger partial charge is 0.454 e. The van der Waals surface area contributed by atoms with Gasteiger partial charge in [-0.3, -0.25) is 23.5 Å². The van der Waals surface area contributed by atoms with E-state index in [1.165, 1.54) is 19.0 Å². The van der Waals surface area contributed by atoms with E-state index in [-0.39, 0.29) is 30.7 Å². The Morgan fingerprint density at radius 2 is 1.79 bits per heavy atom. The normalized spacial score (nSPS) is 18.0. The number of fused-ring (bicyclic) bond motifs is 1. The minimum atomic E-state index is -0.564. The number of aromatic nitrogens is 2. The third kappa shape index (κ3) is 3.32. The van der Waals surface area contributed by atoms with Crippen LogP contribution in [0.15, 0.2) is 33.9 Å². The Kier molecular flexibility index (Phi) is 4.73. The molecule has 0 spiro atoms. The van der Waals surface area contributed by atoms with Gasteiger partial charge in [0, 0.05) is 44.7 Å². The predicted octanol–water partition coefficient (Wildman–Crippen LogP) is 0.548. The van der Waals surface area contributed by atoms with Crippen LogP contribution in [0.25, 0.3) is 0 Å². The highest BCUT2D eigenvalue weighted by Gasteiger charge is 2.31. The molecule has 2 aliphatic rings. The monoisotopic (exact) mass is 399 g/mol. The lowest BCUT2D eigenvalue weighted by atomic mass is 9.89. The molecule has 1 atom stereocenters. The lowest BCUT2D eigenvalue weighted by Gasteiger charge is -2.32. The summed E-state index contributed by atoms with van der Waals surface area (Å²) >= 11 is 0. The summed E-state index contributed by atoms with van der Waals surface area (Å²) in [5, 5.41) is 0. The molecule has 1 aromatic carbocycles. The average Bonchev–Trinajstić information content (AvgIpc) is 3.21. The molecular weight excluding hydrogens is 378 g/mol. The first kappa shape index (κ1) is 19.0. The quantitative estimate of drug-likeness (QED) is 0.699. The number of likely N-dealkylation sites (tertiary alicyclic amines) is 1. The van der Waals surface area contributed by atoms with Crippen LogP contribution in [0, 0.1) is 5.92 Å². The fraction of sp³-hybridized carbons (Fsp3) is 0.400. The van der Waals surface area contributed by atoms with Crippen LogP contribution in [-0.4, -0.2) is 45.6 Å². The number of carbonyl (C=O) groups excluding carboxylic acids is 2. The number of ketones is 1. The topological polar surface area (TPSA) is 99.8 Å². The highest BCUT2D eigenvalue weighted by atomic mass is 16.7. The van der Waals surface area contributed by atoms with Crippen LogP contribution in [0.5, 0.6) is 11.5 Å². The van der Waals surface area contributed by atoms with E-state index < -0.39 is 17.2 Å². The molecule has 0 bridgehead atoms. The van der Waals surface area contributed by atoms with E-state index in [0.29, 0.717) is 36.4 Å². The van der Waals surface area contributed by atoms with Gasteiger partial charge in [0.2, 0.25) is 6.79 Å². The number of piperidine rings is 1. The van der Waals surface area contributed by atoms with Crippen molar-refractivity contribution in [3.63, 3.8) is 0 Å². The first-order chi connectivity index (χ1) is 13.9. The Bertz CT molecular complexity index is 1120. The lowest BCUT2D eigenvalue weighted by Crippen LogP contribution is -2.46. The Morgan fingerprint density at radius 3 is 2.59 bits per heavy atom. The lowest BCUT2D eigenvalue weighted by molar-refractivity contribution is 0.0627. The van der Waals surface area contributed by atoms with Gasteiger partial charge < -0.3 is 14.4 Å². The molecule has 0 aliphatic carbocycles. The van der Waals surface area contributed by atoms with E-state index in [1.54, 1.807) is 18.2 Å². The Labute approximate surface area is 166 Å². The van der Waals surface area contributed by atoms with Gasteiger partial charge in [-0.2, -0.15) is 0 Å². The molecule has 0 unspecified atom stereocenters. The minimum Gasteiger partial charge on any atom is -0.454 e. The highest BCUT2D eigenvalue weighted by molar-refractivity contribution is 5.99. The van der Waals surface area contributed by atoms with Crippen molar-refractivity contribution in [3.05, 3.63) is 56.4 Å². The summed E-state index contributed by atoms with van der Waals surface area (Å²) in [6, 6.07) is 6.22. The summed E-state index contributed by atoms with van der Waals surface area (Å²) in [6.45, 7) is 0.830. The summed E-state index contributed by atoms with van der Waals surface area (Å²) in [4.78, 5) is 51.6. The molecule has 152 valence electrons. The summed E-state index contributed by atoms with van der Waals surface area (Å²) in [5.74, 6) is 0.282. The summed E-state index contributed by atoms with van der Waals surface area (Å²) in [6.07, 6.45) is 1.32. The number of rotatable bonds is 3. The number of amides is 1. The minimum absolute atomic E-state index is 0.0225. The van der Waals surface area contributed by atoms with E-state index in [4.69, 9.17) is 9.47 Å². The van der Waals surface area contributed by atoms with Gasteiger partial charge in [-0.15, -0.1) is 0 Å². The molecule has 0 N–H and O–H groups in total. The van der Waals surface area contributed by atoms with Crippen LogP contribution < -0.4 is 20.7 Å². The molecule has 4 rings (SSSR count). The second-order valence-corrected chi connectivity index (χ2v) is 7.29. The maximum absolute atomic E-state index is 13.0. The molecule has 0 radical (unpaired) electrons. The van der Waals surface area contributed by atoms with E-state index in [1.807, 2.05) is 0 Å². The van der Waals surface area contributed by atoms with Crippen molar-refractivity contribution in [1.82, 2.24) is 14.0 Å². The first-order valence-corrected chi connectivity index (χ1v) is 9.37. The fourth-order valence-electron chi connectivity index (χ4n) is 3.76. The van der Waals surface area contributed by atoms with Crippen LogP contribution in [0.3, 0.4) is 0 Å². The van der Waals surface area contributed by atoms with Gasteiger partial charge in [0.05, 0.1) is 0 Å². The van der Waals surface area contributed by atoms with Crippen molar-refractivity contribution in [1.29, 1.82) is 0 Å². The molecule has 1 aromatic heterocycles. The Balaban J connectivity index is 1.56. The zero-order valence-corrected chi connectivity index (χ0v) is 16.2. The zero-order valence-electron chi connectivity index (χ0n) is 16.2. The molecule has 9 nitrogen and oxygen atoms in total. The maximum Gasteiger partial charge on any atom is 0.331 e. The molecule has 9 heteroatoms. The van der Waals surface area contributed by atoms with Crippen molar-refractivity contribution >= 4 is 11.7 Å². The molecule has 2 aromatic rings. The van der Waals surface area contributed by atoms with Crippen LogP contribution in [0.1, 0.15) is 33.7 Å². The predicted molar refractivity (Wildman–Crippen MR) is 102 cm³/mol. The Hall–Kier alpha value is -3.36. The van der Waals surface area contributed by atoms with E-state index in [0.717, 1.165) is 15.2 Å². The van der Waals surface area contributed by atoms with Crippen LogP contribution in [0.4, 0.5) is 0 Å². The summed E-state index contributed by atoms with van der Waals surface area (Å²) < 4.78 is 12.7. The highest BCUT2D eigenvalue weighted by Crippen LogP contribution is 2.34. The van der Waals surface area contributed by atoms with Gasteiger partial charge in [-0.25, -0.2) is 4.79 Å². The average molecular weight is 399 g/mol. The smallest absolute Gasteiger partial charge is 0.331 e. The second-order valence-electron chi connectivity index (χ2n) is 7.29. The third-order valence-electron chi connectivity index (χ3n) is 5.48. The van der Waals surface area contributed by atoms with Crippen LogP contribution in [0.2, 0.25) is 0 Å². The number of ether oxygens (including phenoxy) is 2. The molecule has 2 aliphatic heterocycles. The maximum atomic E-state index is 13.0. The number of benzene rings is 1. The van der Waals surface area contributed by atoms with Crippen molar-refractivity contribution in [3.8, 4) is 11.5 Å². The van der Waals surface area contributed by atoms with Gasteiger partial charge in [-0.1, -0.05) is 0 Å². The zero-order chi connectivity index (χ0) is 20.7. The van der Waals surface area contributed by atoms with Crippen molar-refractivity contribution in [2.75, 3.05) is 19.9 Å². The number of hydrogen-bond donors (Lipinski definition) is 0. The van der Waals surface area contributed by atoms with Gasteiger partial charge in [0.15, 0.2) is 17.3 Å². The number of nitrogens with zero attached hydrogens (tertiary/aromatic N) is 3. The van der Waals surface area contributed by atoms with Crippen molar-refractivity contribution in [2.24, 2.45) is 20.0 Å². The summed E-state index contributed by atoms with van der Waals surface area (Å²) in [7, 11) is 2.81. The molecule has 1 saturated heterocycles. The fourth-order valence-corrected chi connectivity index (χ4v) is 3.76. The van der Waals surface area contributed by atoms with E-state index >= 15 is 0 Å². The Morgan fingerprint density at radius 1 is 1.03 bits per heavy atom. The standard InChI is InChI=1S/C20H21N3O6/c1-21-14(9-17(24)22(2)20(21)27)19(26)23-7-3-4-13(10-23)18(25)12-5-6-15-16(8-12)29-11-28-15/h5-6,8-9,13H,3-4,7,10-11H2,1-2H3/t13-/m0/s1. The van der Waals surface area contributed by atoms with Crippen molar-refractivity contribution < 1.29 is 19.1 Å². The first-order valence-electron chi connectivity index (χ1n) is 9.37. The second kappa shape index (κ2) is 7.23. The van der Waals surface area contributed by atoms with E-state index in [9.17, 15) is 19.2 Å². The van der Waals surface area contributed by atoms with E-state index in [2.05, 4.69) is 0 Å². The van der Waals surface area contributed by atoms with Gasteiger partial charge in [0.1, 0.15) is 5.69 Å². The SMILES string of the molecule is Cn1c(C(=O)N2CCC[C@H](C(=O)c3ccc4c(c3)OCO4)C2)cc(=O)n(C)c1=O. The number of carbonyl (C=O) groups is 2. The molecule has 1 amide bonds. The molecule has 3 heterocycles.